The van der Waals surface area contributed by atoms with E-state index in [1.807, 2.05) is 199 Å². The van der Waals surface area contributed by atoms with Crippen LogP contribution in [0.5, 0.6) is 46.5 Å². The number of rotatable bonds is 8. The topological polar surface area (TPSA) is 185 Å². The number of aryl methyl sites for hydroxylation is 5. The van der Waals surface area contributed by atoms with Gasteiger partial charge in [0.2, 0.25) is 23.5 Å². The molecule has 8 aromatic heterocycles. The maximum Gasteiger partial charge on any atom is 2.00 e. The summed E-state index contributed by atoms with van der Waals surface area (Å²) >= 11 is 6.94. The quantitative estimate of drug-likeness (QED) is 0.142. The van der Waals surface area contributed by atoms with Gasteiger partial charge in [-0.3, -0.25) is 33.3 Å². The number of halogens is 2. The van der Waals surface area contributed by atoms with Gasteiger partial charge in [0.15, 0.2) is 0 Å². The van der Waals surface area contributed by atoms with Crippen LogP contribution in [0.25, 0.3) is 65.8 Å². The van der Waals surface area contributed by atoms with Crippen molar-refractivity contribution in [2.24, 2.45) is 35.2 Å². The van der Waals surface area contributed by atoms with Crippen LogP contribution in [0.15, 0.2) is 124 Å². The second-order valence-corrected chi connectivity index (χ2v) is 23.0. The number of aromatic nitrogens is 10. The summed E-state index contributed by atoms with van der Waals surface area (Å²) in [6.07, 6.45) is 0. The Hall–Kier alpha value is -8.58. The smallest absolute Gasteiger partial charge is 0.564 e. The molecule has 14 rings (SSSR count). The van der Waals surface area contributed by atoms with Crippen LogP contribution in [0.4, 0.5) is 0 Å². The number of fused-ring (bicyclic) bond motifs is 9. The molecule has 14 aromatic rings. The zero-order valence-corrected chi connectivity index (χ0v) is 56.0. The number of hydrogen-bond donors (Lipinski definition) is 1. The Morgan fingerprint density at radius 2 is 0.713 bits per heavy atom. The zero-order chi connectivity index (χ0) is 61.2. The molecular weight excluding hydrogens is 1420 g/mol. The van der Waals surface area contributed by atoms with E-state index < -0.39 is 0 Å². The first-order valence-corrected chi connectivity index (χ1v) is 29.1. The molecule has 0 aliphatic rings. The molecule has 1 N–H and O–H groups in total. The summed E-state index contributed by atoms with van der Waals surface area (Å²) in [7, 11) is 9.44. The maximum absolute atomic E-state index is 10.8. The fourth-order valence-electron chi connectivity index (χ4n) is 9.58. The summed E-state index contributed by atoms with van der Waals surface area (Å²) < 4.78 is 52.9. The van der Waals surface area contributed by atoms with Gasteiger partial charge in [-0.1, -0.05) is 44.0 Å². The summed E-state index contributed by atoms with van der Waals surface area (Å²) in [5, 5.41) is 26.1. The number of H-pyrrole nitrogens is 1. The van der Waals surface area contributed by atoms with Crippen LogP contribution in [0.1, 0.15) is 56.3 Å². The third kappa shape index (κ3) is 12.3. The molecule has 0 aliphatic carbocycles. The Balaban J connectivity index is 0.000000140. The molecule has 0 unspecified atom stereocenters. The Labute approximate surface area is 532 Å². The molecule has 0 fully saturated rings. The molecule has 0 radical (unpaired) electrons. The SMILES string of the molecule is Brc1ccc2oc3ccc(Br)cc3c2c1.Cc1c(C)n(C)[nH]c1=O.Cc1c(Oc2[c-]c3c(cc2)oc2ccc(Oc4nn(C)c(C)c4C)[c-]c23)nn(C)c1C.Cc1c(Oc2ccc3oc4ccc(Oc5nn(C)c(C)c5C)cc4c3c2)nn(C)c1C.[Pt+2]. The Bertz CT molecular complexity index is 4500. The van der Waals surface area contributed by atoms with Gasteiger partial charge in [0.05, 0.1) is 0 Å². The predicted octanol–water partition coefficient (Wildman–Crippen LogP) is 16.8. The summed E-state index contributed by atoms with van der Waals surface area (Å²) in [6.45, 7) is 19.8. The average Bonchev–Trinajstić information content (AvgIpc) is 1.99. The first kappa shape index (κ1) is 61.5. The van der Waals surface area contributed by atoms with Gasteiger partial charge in [0.1, 0.15) is 33.8 Å². The molecule has 0 saturated carbocycles. The minimum atomic E-state index is 0. The van der Waals surface area contributed by atoms with Gasteiger partial charge < -0.3 is 32.2 Å². The predicted molar refractivity (Wildman–Crippen MR) is 341 cm³/mol. The van der Waals surface area contributed by atoms with E-state index in [1.165, 1.54) is 0 Å². The number of hydrogen-bond acceptors (Lipinski definition) is 12. The van der Waals surface area contributed by atoms with E-state index in [2.05, 4.69) is 81.6 Å². The molecule has 8 heterocycles. The fourth-order valence-corrected chi connectivity index (χ4v) is 10.3. The van der Waals surface area contributed by atoms with E-state index in [1.54, 1.807) is 14.0 Å². The van der Waals surface area contributed by atoms with E-state index in [9.17, 15) is 4.79 Å². The van der Waals surface area contributed by atoms with Gasteiger partial charge in [-0.15, -0.1) is 44.7 Å². The number of nitrogens with zero attached hydrogens (tertiary/aromatic N) is 9. The van der Waals surface area contributed by atoms with Crippen molar-refractivity contribution in [3.8, 4) is 46.5 Å². The molecule has 6 aromatic carbocycles. The summed E-state index contributed by atoms with van der Waals surface area (Å²) in [4.78, 5) is 10.8. The Kier molecular flexibility index (Phi) is 17.4. The molecule has 0 saturated heterocycles. The minimum absolute atomic E-state index is 0. The Morgan fingerprint density at radius 3 is 1.01 bits per heavy atom. The molecule has 0 aliphatic heterocycles. The van der Waals surface area contributed by atoms with Crippen molar-refractivity contribution in [3.63, 3.8) is 0 Å². The molecule has 18 nitrogen and oxygen atoms in total. The molecule has 0 bridgehead atoms. The maximum atomic E-state index is 10.8. The molecule has 0 spiro atoms. The van der Waals surface area contributed by atoms with Gasteiger partial charge in [0.25, 0.3) is 5.56 Å². The molecule has 448 valence electrons. The second kappa shape index (κ2) is 24.7. The normalized spacial score (nSPS) is 11.2. The largest absolute Gasteiger partial charge is 2.00 e. The van der Waals surface area contributed by atoms with Gasteiger partial charge in [-0.25, -0.2) is 0 Å². The van der Waals surface area contributed by atoms with E-state index in [4.69, 9.17) is 32.2 Å². The van der Waals surface area contributed by atoms with Crippen LogP contribution >= 0.6 is 31.9 Å². The number of nitrogens with one attached hydrogen (secondary N) is 1. The number of ether oxygens (including phenoxy) is 4. The molecule has 21 heteroatoms. The second-order valence-electron chi connectivity index (χ2n) is 21.2. The number of benzene rings is 6. The zero-order valence-electron chi connectivity index (χ0n) is 50.6. The van der Waals surface area contributed by atoms with Gasteiger partial charge >= 0.3 is 21.1 Å². The van der Waals surface area contributed by atoms with Crippen LogP contribution in [-0.4, -0.2) is 48.9 Å². The molecule has 87 heavy (non-hydrogen) atoms. The molecular formula is C66H62Br2N10O8Pt. The van der Waals surface area contributed by atoms with Gasteiger partial charge in [-0.2, -0.15) is 10.8 Å². The van der Waals surface area contributed by atoms with E-state index in [0.29, 0.717) is 57.7 Å². The van der Waals surface area contributed by atoms with E-state index in [0.717, 1.165) is 120 Å². The van der Waals surface area contributed by atoms with Crippen molar-refractivity contribution in [2.45, 2.75) is 69.2 Å². The fraction of sp³-hybridized carbons (Fsp3) is 0.227. The van der Waals surface area contributed by atoms with Crippen molar-refractivity contribution >= 4 is 97.7 Å². The van der Waals surface area contributed by atoms with Crippen molar-refractivity contribution in [3.05, 3.63) is 185 Å². The van der Waals surface area contributed by atoms with Crippen molar-refractivity contribution < 1.29 is 53.3 Å². The minimum Gasteiger partial charge on any atom is -0.564 e. The van der Waals surface area contributed by atoms with Crippen LogP contribution in [-0.2, 0) is 56.3 Å². The third-order valence-corrected chi connectivity index (χ3v) is 16.9. The van der Waals surface area contributed by atoms with Gasteiger partial charge in [0, 0.05) is 134 Å². The van der Waals surface area contributed by atoms with Crippen LogP contribution in [0.2, 0.25) is 0 Å². The van der Waals surface area contributed by atoms with Crippen LogP contribution in [0.3, 0.4) is 0 Å². The standard InChI is InChI=1S/C24H24N4O3.C24H22N4O3.C12H6Br2O.C6H10N2O.Pt/c2*1-13-15(3)27(5)25-23(13)29-17-7-9-21-19(11-17)20-12-18(8-10-22(20)31-21)30-24-14(2)16(4)28(6)26-24;13-7-1-3-11-9(5-7)10-6-8(14)2-4-12(10)15-11;1-4-5(2)8(3)7-6(4)9;/h7-12H,1-6H3;7-10H,1-6H3;1-6H;1-3H3,(H,7,9);/q;-2;;;+2. The van der Waals surface area contributed by atoms with Crippen LogP contribution in [0, 0.1) is 81.4 Å². The first-order valence-electron chi connectivity index (χ1n) is 27.5. The first-order chi connectivity index (χ1) is 41.0. The van der Waals surface area contributed by atoms with Crippen molar-refractivity contribution in [2.75, 3.05) is 0 Å². The average molecular weight is 1480 g/mol. The van der Waals surface area contributed by atoms with Crippen molar-refractivity contribution in [1.29, 1.82) is 0 Å². The van der Waals surface area contributed by atoms with Gasteiger partial charge in [-0.05, 0) is 153 Å². The summed E-state index contributed by atoms with van der Waals surface area (Å²) in [5.74, 6) is 4.89. The summed E-state index contributed by atoms with van der Waals surface area (Å²) in [5.41, 5.74) is 14.9. The monoisotopic (exact) mass is 1480 g/mol. The Morgan fingerprint density at radius 1 is 0.402 bits per heavy atom. The molecule has 0 amide bonds. The third-order valence-electron chi connectivity index (χ3n) is 15.9. The number of aromatic amines is 1. The number of furan rings is 3. The summed E-state index contributed by atoms with van der Waals surface area (Å²) in [6, 6.07) is 37.6. The molecule has 0 atom stereocenters. The van der Waals surface area contributed by atoms with E-state index >= 15 is 0 Å². The van der Waals surface area contributed by atoms with Crippen LogP contribution < -0.4 is 24.5 Å². The van der Waals surface area contributed by atoms with Crippen molar-refractivity contribution in [1.82, 2.24) is 48.9 Å². The van der Waals surface area contributed by atoms with E-state index in [-0.39, 0.29) is 26.6 Å².